The van der Waals surface area contributed by atoms with Crippen molar-refractivity contribution < 1.29 is 4.79 Å². The topological polar surface area (TPSA) is 45.2 Å². The first-order valence-corrected chi connectivity index (χ1v) is 6.70. The Balaban J connectivity index is 2.07. The smallest absolute Gasteiger partial charge is 0.223 e. The van der Waals surface area contributed by atoms with E-state index in [1.165, 1.54) is 0 Å². The van der Waals surface area contributed by atoms with Gasteiger partial charge in [-0.2, -0.15) is 0 Å². The fourth-order valence-electron chi connectivity index (χ4n) is 2.38. The van der Waals surface area contributed by atoms with Crippen molar-refractivity contribution in [1.82, 2.24) is 9.88 Å². The third-order valence-corrected chi connectivity index (χ3v) is 3.47. The highest BCUT2D eigenvalue weighted by molar-refractivity contribution is 5.78. The van der Waals surface area contributed by atoms with Crippen LogP contribution in [0.15, 0.2) is 18.3 Å². The van der Waals surface area contributed by atoms with Crippen LogP contribution < -0.4 is 5.32 Å². The van der Waals surface area contributed by atoms with Crippen molar-refractivity contribution in [3.05, 3.63) is 23.9 Å². The molecular weight excluding hydrogens is 226 g/mol. The minimum Gasteiger partial charge on any atom is -0.370 e. The highest BCUT2D eigenvalue weighted by Gasteiger charge is 2.28. The van der Waals surface area contributed by atoms with E-state index in [9.17, 15) is 4.79 Å². The molecule has 1 amide bonds. The Morgan fingerprint density at radius 3 is 3.00 bits per heavy atom. The van der Waals surface area contributed by atoms with Crippen molar-refractivity contribution in [3.63, 3.8) is 0 Å². The molecule has 1 unspecified atom stereocenters. The molecule has 0 aromatic carbocycles. The number of nitrogens with zero attached hydrogens (tertiary/aromatic N) is 2. The average Bonchev–Trinajstić information content (AvgIpc) is 2.73. The Morgan fingerprint density at radius 1 is 1.50 bits per heavy atom. The van der Waals surface area contributed by atoms with Gasteiger partial charge in [-0.15, -0.1) is 0 Å². The summed E-state index contributed by atoms with van der Waals surface area (Å²) >= 11 is 0. The number of rotatable bonds is 5. The Labute approximate surface area is 108 Å². The molecule has 1 aromatic rings. The first kappa shape index (κ1) is 12.9. The van der Waals surface area contributed by atoms with Crippen LogP contribution in [0.5, 0.6) is 0 Å². The summed E-state index contributed by atoms with van der Waals surface area (Å²) in [4.78, 5) is 18.2. The first-order valence-electron chi connectivity index (χ1n) is 6.70. The van der Waals surface area contributed by atoms with Gasteiger partial charge in [0.05, 0.1) is 0 Å². The second-order valence-electron chi connectivity index (χ2n) is 4.79. The van der Waals surface area contributed by atoms with Gasteiger partial charge in [0.1, 0.15) is 5.82 Å². The zero-order chi connectivity index (χ0) is 13.0. The molecule has 1 fully saturated rings. The van der Waals surface area contributed by atoms with Crippen LogP contribution in [-0.4, -0.2) is 28.9 Å². The van der Waals surface area contributed by atoms with Gasteiger partial charge in [0.25, 0.3) is 0 Å². The lowest BCUT2D eigenvalue weighted by Gasteiger charge is -2.18. The minimum atomic E-state index is 0.271. The molecule has 0 radical (unpaired) electrons. The lowest BCUT2D eigenvalue weighted by Crippen LogP contribution is -2.25. The van der Waals surface area contributed by atoms with Crippen LogP contribution in [0.2, 0.25) is 0 Å². The van der Waals surface area contributed by atoms with Gasteiger partial charge in [-0.05, 0) is 18.9 Å². The van der Waals surface area contributed by atoms with Gasteiger partial charge in [-0.1, -0.05) is 19.4 Å². The highest BCUT2D eigenvalue weighted by atomic mass is 16.2. The SMILES string of the molecule is CCNc1ncccc1CN1CC(CC)CC1=O. The van der Waals surface area contributed by atoms with Crippen LogP contribution in [-0.2, 0) is 11.3 Å². The summed E-state index contributed by atoms with van der Waals surface area (Å²) in [6.07, 6.45) is 3.56. The number of amides is 1. The van der Waals surface area contributed by atoms with E-state index in [1.54, 1.807) is 6.20 Å². The molecule has 1 N–H and O–H groups in total. The number of hydrogen-bond donors (Lipinski definition) is 1. The summed E-state index contributed by atoms with van der Waals surface area (Å²) in [7, 11) is 0. The van der Waals surface area contributed by atoms with E-state index < -0.39 is 0 Å². The molecule has 0 bridgehead atoms. The monoisotopic (exact) mass is 247 g/mol. The second-order valence-corrected chi connectivity index (χ2v) is 4.79. The molecule has 2 rings (SSSR count). The maximum absolute atomic E-state index is 11.9. The third kappa shape index (κ3) is 2.81. The largest absolute Gasteiger partial charge is 0.370 e. The maximum atomic E-state index is 11.9. The molecule has 1 saturated heterocycles. The highest BCUT2D eigenvalue weighted by Crippen LogP contribution is 2.24. The number of pyridine rings is 1. The van der Waals surface area contributed by atoms with E-state index >= 15 is 0 Å². The Kier molecular flexibility index (Phi) is 4.18. The molecule has 98 valence electrons. The molecule has 1 atom stereocenters. The first-order chi connectivity index (χ1) is 8.74. The molecular formula is C14H21N3O. The van der Waals surface area contributed by atoms with Crippen LogP contribution >= 0.6 is 0 Å². The molecule has 1 aliphatic heterocycles. The second kappa shape index (κ2) is 5.85. The molecule has 18 heavy (non-hydrogen) atoms. The number of hydrogen-bond acceptors (Lipinski definition) is 3. The van der Waals surface area contributed by atoms with Crippen molar-refractivity contribution in [3.8, 4) is 0 Å². The molecule has 4 heteroatoms. The fraction of sp³-hybridized carbons (Fsp3) is 0.571. The summed E-state index contributed by atoms with van der Waals surface area (Å²) in [5.74, 6) is 1.69. The van der Waals surface area contributed by atoms with Gasteiger partial charge >= 0.3 is 0 Å². The molecule has 0 spiro atoms. The number of likely N-dealkylation sites (tertiary alicyclic amines) is 1. The maximum Gasteiger partial charge on any atom is 0.223 e. The third-order valence-electron chi connectivity index (χ3n) is 3.47. The zero-order valence-corrected chi connectivity index (χ0v) is 11.1. The quantitative estimate of drug-likeness (QED) is 0.868. The zero-order valence-electron chi connectivity index (χ0n) is 11.1. The van der Waals surface area contributed by atoms with Crippen LogP contribution in [0, 0.1) is 5.92 Å². The molecule has 2 heterocycles. The van der Waals surface area contributed by atoms with Crippen LogP contribution in [0.1, 0.15) is 32.3 Å². The average molecular weight is 247 g/mol. The van der Waals surface area contributed by atoms with Crippen LogP contribution in [0.4, 0.5) is 5.82 Å². The van der Waals surface area contributed by atoms with E-state index in [0.717, 1.165) is 30.9 Å². The Morgan fingerprint density at radius 2 is 2.33 bits per heavy atom. The van der Waals surface area contributed by atoms with E-state index in [4.69, 9.17) is 0 Å². The van der Waals surface area contributed by atoms with E-state index in [-0.39, 0.29) is 5.91 Å². The van der Waals surface area contributed by atoms with Gasteiger partial charge in [0.15, 0.2) is 0 Å². The lowest BCUT2D eigenvalue weighted by atomic mass is 10.1. The van der Waals surface area contributed by atoms with Gasteiger partial charge < -0.3 is 10.2 Å². The number of carbonyl (C=O) groups is 1. The summed E-state index contributed by atoms with van der Waals surface area (Å²) in [6, 6.07) is 3.96. The summed E-state index contributed by atoms with van der Waals surface area (Å²) < 4.78 is 0. The summed E-state index contributed by atoms with van der Waals surface area (Å²) in [5, 5.41) is 3.24. The number of carbonyl (C=O) groups excluding carboxylic acids is 1. The minimum absolute atomic E-state index is 0.271. The van der Waals surface area contributed by atoms with Crippen molar-refractivity contribution in [2.24, 2.45) is 5.92 Å². The van der Waals surface area contributed by atoms with Crippen LogP contribution in [0.3, 0.4) is 0 Å². The van der Waals surface area contributed by atoms with Crippen molar-refractivity contribution in [1.29, 1.82) is 0 Å². The number of anilines is 1. The summed E-state index contributed by atoms with van der Waals surface area (Å²) in [6.45, 7) is 6.60. The van der Waals surface area contributed by atoms with Crippen molar-refractivity contribution >= 4 is 11.7 Å². The summed E-state index contributed by atoms with van der Waals surface area (Å²) in [5.41, 5.74) is 1.10. The van der Waals surface area contributed by atoms with Crippen LogP contribution in [0.25, 0.3) is 0 Å². The molecule has 0 saturated carbocycles. The van der Waals surface area contributed by atoms with Crippen molar-refractivity contribution in [2.75, 3.05) is 18.4 Å². The van der Waals surface area contributed by atoms with Gasteiger partial charge in [0.2, 0.25) is 5.91 Å². The molecule has 0 aliphatic carbocycles. The van der Waals surface area contributed by atoms with E-state index in [1.807, 2.05) is 24.0 Å². The normalized spacial score (nSPS) is 19.3. The van der Waals surface area contributed by atoms with Gasteiger partial charge in [0, 0.05) is 37.8 Å². The van der Waals surface area contributed by atoms with Gasteiger partial charge in [-0.3, -0.25) is 4.79 Å². The predicted octanol–water partition coefficient (Wildman–Crippen LogP) is 2.27. The molecule has 4 nitrogen and oxygen atoms in total. The fourth-order valence-corrected chi connectivity index (χ4v) is 2.38. The lowest BCUT2D eigenvalue weighted by molar-refractivity contribution is -0.128. The Bertz CT molecular complexity index is 419. The number of nitrogens with one attached hydrogen (secondary N) is 1. The Hall–Kier alpha value is -1.58. The number of aromatic nitrogens is 1. The van der Waals surface area contributed by atoms with E-state index in [2.05, 4.69) is 17.2 Å². The standard InChI is InChI=1S/C14H21N3O/c1-3-11-8-13(18)17(9-11)10-12-6-5-7-16-14(12)15-4-2/h5-7,11H,3-4,8-10H2,1-2H3,(H,15,16). The van der Waals surface area contributed by atoms with E-state index in [0.29, 0.717) is 18.9 Å². The predicted molar refractivity (Wildman–Crippen MR) is 72.2 cm³/mol. The van der Waals surface area contributed by atoms with Crippen molar-refractivity contribution in [2.45, 2.75) is 33.2 Å². The van der Waals surface area contributed by atoms with Gasteiger partial charge in [-0.25, -0.2) is 4.98 Å². The molecule has 1 aromatic heterocycles. The molecule has 1 aliphatic rings.